The molecule has 0 spiro atoms. The number of hydrogen-bond donors (Lipinski definition) is 2. The van der Waals surface area contributed by atoms with Crippen LogP contribution in [0, 0.1) is 12.8 Å². The van der Waals surface area contributed by atoms with Gasteiger partial charge in [0.2, 0.25) is 5.91 Å². The Balaban J connectivity index is 2.35. The monoisotopic (exact) mass is 268 g/mol. The summed E-state index contributed by atoms with van der Waals surface area (Å²) in [5, 5.41) is 3.07. The van der Waals surface area contributed by atoms with Gasteiger partial charge >= 0.3 is 0 Å². The van der Waals surface area contributed by atoms with Gasteiger partial charge in [-0.25, -0.2) is 0 Å². The van der Waals surface area contributed by atoms with Crippen molar-refractivity contribution >= 4 is 17.2 Å². The molecule has 0 bridgehead atoms. The summed E-state index contributed by atoms with van der Waals surface area (Å²) in [5.74, 6) is 0.199. The molecular weight excluding hydrogens is 244 g/mol. The molecule has 2 unspecified atom stereocenters. The smallest absolute Gasteiger partial charge is 0.223 e. The van der Waals surface area contributed by atoms with E-state index in [2.05, 4.69) is 31.3 Å². The van der Waals surface area contributed by atoms with Crippen molar-refractivity contribution in [3.05, 3.63) is 21.9 Å². The molecule has 2 atom stereocenters. The lowest BCUT2D eigenvalue weighted by molar-refractivity contribution is -0.125. The van der Waals surface area contributed by atoms with Crippen LogP contribution in [0.5, 0.6) is 0 Å². The molecule has 0 saturated carbocycles. The second kappa shape index (κ2) is 7.54. The highest BCUT2D eigenvalue weighted by Gasteiger charge is 2.15. The molecule has 3 nitrogen and oxygen atoms in total. The summed E-state index contributed by atoms with van der Waals surface area (Å²) in [6.07, 6.45) is 2.69. The third-order valence-electron chi connectivity index (χ3n) is 2.98. The van der Waals surface area contributed by atoms with E-state index in [1.165, 1.54) is 9.75 Å². The van der Waals surface area contributed by atoms with Gasteiger partial charge in [0.15, 0.2) is 0 Å². The van der Waals surface area contributed by atoms with Crippen LogP contribution < -0.4 is 11.1 Å². The highest BCUT2D eigenvalue weighted by Crippen LogP contribution is 2.17. The Morgan fingerprint density at radius 1 is 1.44 bits per heavy atom. The van der Waals surface area contributed by atoms with E-state index in [0.717, 1.165) is 19.3 Å². The minimum atomic E-state index is 0.0565. The number of carbonyl (C=O) groups is 1. The number of thiophene rings is 1. The molecule has 0 aliphatic heterocycles. The standard InChI is InChI=1S/C14H24N2OS/c1-10(5-4-8-15)14(17)16-11(2)9-13-7-6-12(3)18-13/h6-7,10-11H,4-5,8-9,15H2,1-3H3,(H,16,17). The van der Waals surface area contributed by atoms with Crippen molar-refractivity contribution in [3.8, 4) is 0 Å². The summed E-state index contributed by atoms with van der Waals surface area (Å²) in [6.45, 7) is 6.78. The quantitative estimate of drug-likeness (QED) is 0.798. The van der Waals surface area contributed by atoms with Gasteiger partial charge in [-0.05, 0) is 45.4 Å². The predicted octanol–water partition coefficient (Wildman–Crippen LogP) is 2.48. The number of amides is 1. The maximum atomic E-state index is 11.9. The van der Waals surface area contributed by atoms with E-state index in [4.69, 9.17) is 5.73 Å². The van der Waals surface area contributed by atoms with Gasteiger partial charge in [0, 0.05) is 28.1 Å². The summed E-state index contributed by atoms with van der Waals surface area (Å²) in [4.78, 5) is 14.6. The molecule has 102 valence electrons. The maximum absolute atomic E-state index is 11.9. The Bertz CT molecular complexity index is 376. The van der Waals surface area contributed by atoms with Crippen molar-refractivity contribution in [3.63, 3.8) is 0 Å². The van der Waals surface area contributed by atoms with Crippen LogP contribution in [0.15, 0.2) is 12.1 Å². The van der Waals surface area contributed by atoms with Gasteiger partial charge in [0.05, 0.1) is 0 Å². The van der Waals surface area contributed by atoms with E-state index in [0.29, 0.717) is 6.54 Å². The highest BCUT2D eigenvalue weighted by molar-refractivity contribution is 7.11. The van der Waals surface area contributed by atoms with Crippen molar-refractivity contribution in [1.82, 2.24) is 5.32 Å². The molecule has 18 heavy (non-hydrogen) atoms. The van der Waals surface area contributed by atoms with Crippen LogP contribution in [0.1, 0.15) is 36.4 Å². The molecule has 0 radical (unpaired) electrons. The van der Waals surface area contributed by atoms with E-state index in [-0.39, 0.29) is 17.9 Å². The molecule has 4 heteroatoms. The van der Waals surface area contributed by atoms with Crippen molar-refractivity contribution in [2.75, 3.05) is 6.54 Å². The predicted molar refractivity (Wildman–Crippen MR) is 77.8 cm³/mol. The molecule has 1 aromatic heterocycles. The van der Waals surface area contributed by atoms with Crippen LogP contribution in [0.4, 0.5) is 0 Å². The number of hydrogen-bond acceptors (Lipinski definition) is 3. The molecule has 1 heterocycles. The first-order valence-electron chi connectivity index (χ1n) is 6.58. The third kappa shape index (κ3) is 5.19. The first-order valence-corrected chi connectivity index (χ1v) is 7.40. The van der Waals surface area contributed by atoms with Crippen molar-refractivity contribution in [2.24, 2.45) is 11.7 Å². The van der Waals surface area contributed by atoms with Crippen LogP contribution >= 0.6 is 11.3 Å². The van der Waals surface area contributed by atoms with Gasteiger partial charge in [-0.2, -0.15) is 0 Å². The summed E-state index contributed by atoms with van der Waals surface area (Å²) >= 11 is 1.80. The largest absolute Gasteiger partial charge is 0.353 e. The zero-order chi connectivity index (χ0) is 13.5. The third-order valence-corrected chi connectivity index (χ3v) is 4.00. The van der Waals surface area contributed by atoms with Gasteiger partial charge in [0.25, 0.3) is 0 Å². The van der Waals surface area contributed by atoms with Crippen LogP contribution in [0.2, 0.25) is 0 Å². The van der Waals surface area contributed by atoms with Gasteiger partial charge in [-0.1, -0.05) is 6.92 Å². The van der Waals surface area contributed by atoms with Crippen molar-refractivity contribution in [2.45, 2.75) is 46.1 Å². The molecule has 3 N–H and O–H groups in total. The average Bonchev–Trinajstić information content (AvgIpc) is 2.71. The summed E-state index contributed by atoms with van der Waals surface area (Å²) in [6, 6.07) is 4.45. The zero-order valence-electron chi connectivity index (χ0n) is 11.5. The minimum Gasteiger partial charge on any atom is -0.353 e. The fraction of sp³-hybridized carbons (Fsp3) is 0.643. The Morgan fingerprint density at radius 2 is 2.17 bits per heavy atom. The van der Waals surface area contributed by atoms with Gasteiger partial charge in [-0.15, -0.1) is 11.3 Å². The summed E-state index contributed by atoms with van der Waals surface area (Å²) in [5.41, 5.74) is 5.45. The zero-order valence-corrected chi connectivity index (χ0v) is 12.3. The van der Waals surface area contributed by atoms with E-state index in [1.807, 2.05) is 6.92 Å². The molecule has 1 aromatic rings. The topological polar surface area (TPSA) is 55.1 Å². The second-order valence-corrected chi connectivity index (χ2v) is 6.33. The summed E-state index contributed by atoms with van der Waals surface area (Å²) < 4.78 is 0. The van der Waals surface area contributed by atoms with E-state index < -0.39 is 0 Å². The molecule has 0 aliphatic rings. The molecule has 1 amide bonds. The molecule has 0 saturated heterocycles. The Hall–Kier alpha value is -0.870. The number of carbonyl (C=O) groups excluding carboxylic acids is 1. The van der Waals surface area contributed by atoms with E-state index >= 15 is 0 Å². The van der Waals surface area contributed by atoms with Crippen LogP contribution in [0.3, 0.4) is 0 Å². The lowest BCUT2D eigenvalue weighted by Gasteiger charge is -2.16. The number of nitrogens with one attached hydrogen (secondary N) is 1. The first kappa shape index (κ1) is 15.2. The Kier molecular flexibility index (Phi) is 6.36. The minimum absolute atomic E-state index is 0.0565. The average molecular weight is 268 g/mol. The van der Waals surface area contributed by atoms with Crippen LogP contribution in [0.25, 0.3) is 0 Å². The highest BCUT2D eigenvalue weighted by atomic mass is 32.1. The van der Waals surface area contributed by atoms with Gasteiger partial charge in [0.1, 0.15) is 0 Å². The van der Waals surface area contributed by atoms with Gasteiger partial charge in [-0.3, -0.25) is 4.79 Å². The molecular formula is C14H24N2OS. The van der Waals surface area contributed by atoms with Gasteiger partial charge < -0.3 is 11.1 Å². The van der Waals surface area contributed by atoms with Crippen molar-refractivity contribution < 1.29 is 4.79 Å². The Morgan fingerprint density at radius 3 is 2.72 bits per heavy atom. The second-order valence-electron chi connectivity index (χ2n) is 4.96. The molecule has 1 rings (SSSR count). The Labute approximate surface area is 114 Å². The summed E-state index contributed by atoms with van der Waals surface area (Å²) in [7, 11) is 0. The first-order chi connectivity index (χ1) is 8.52. The van der Waals surface area contributed by atoms with E-state index in [1.54, 1.807) is 11.3 Å². The number of nitrogens with two attached hydrogens (primary N) is 1. The molecule has 0 aromatic carbocycles. The van der Waals surface area contributed by atoms with E-state index in [9.17, 15) is 4.79 Å². The lowest BCUT2D eigenvalue weighted by Crippen LogP contribution is -2.37. The lowest BCUT2D eigenvalue weighted by atomic mass is 10.0. The van der Waals surface area contributed by atoms with Crippen LogP contribution in [-0.2, 0) is 11.2 Å². The maximum Gasteiger partial charge on any atom is 0.223 e. The molecule has 0 aliphatic carbocycles. The molecule has 0 fully saturated rings. The van der Waals surface area contributed by atoms with Crippen LogP contribution in [-0.4, -0.2) is 18.5 Å². The number of rotatable bonds is 7. The fourth-order valence-corrected chi connectivity index (χ4v) is 2.91. The van der Waals surface area contributed by atoms with Crippen molar-refractivity contribution in [1.29, 1.82) is 0 Å². The number of aryl methyl sites for hydroxylation is 1. The fourth-order valence-electron chi connectivity index (χ4n) is 1.89. The normalized spacial score (nSPS) is 14.2. The SMILES string of the molecule is Cc1ccc(CC(C)NC(=O)C(C)CCCN)s1.